The molecule has 0 radical (unpaired) electrons. The van der Waals surface area contributed by atoms with Gasteiger partial charge in [0.25, 0.3) is 0 Å². The first kappa shape index (κ1) is 17.6. The Morgan fingerprint density at radius 1 is 1.15 bits per heavy atom. The maximum Gasteiger partial charge on any atom is 0.416 e. The number of pyridine rings is 1. The quantitative estimate of drug-likeness (QED) is 0.729. The first-order valence-electron chi connectivity index (χ1n) is 8.63. The number of hydrogen-bond donors (Lipinski definition) is 2. The van der Waals surface area contributed by atoms with Crippen molar-refractivity contribution in [1.82, 2.24) is 14.6 Å². The number of aromatic nitrogens is 3. The van der Waals surface area contributed by atoms with Crippen molar-refractivity contribution >= 4 is 23.1 Å². The summed E-state index contributed by atoms with van der Waals surface area (Å²) in [6.45, 7) is 0.896. The molecule has 3 aromatic rings. The Balaban J connectivity index is 1.61. The predicted octanol–water partition coefficient (Wildman–Crippen LogP) is 3.45. The van der Waals surface area contributed by atoms with E-state index in [1.54, 1.807) is 10.6 Å². The van der Waals surface area contributed by atoms with Crippen molar-refractivity contribution in [2.75, 3.05) is 23.4 Å². The molecule has 27 heavy (non-hydrogen) atoms. The average molecular weight is 377 g/mol. The SMILES string of the molecule is OC[C@@H]1CCCN1c1cccc2nc(Nc3ccc(C(F)(F)F)cc3)nn12. The van der Waals surface area contributed by atoms with Gasteiger partial charge in [0.15, 0.2) is 5.65 Å². The lowest BCUT2D eigenvalue weighted by atomic mass is 10.2. The van der Waals surface area contributed by atoms with Gasteiger partial charge in [0.05, 0.1) is 18.2 Å². The fraction of sp³-hybridized carbons (Fsp3) is 0.333. The number of rotatable bonds is 4. The molecule has 1 aromatic carbocycles. The van der Waals surface area contributed by atoms with Gasteiger partial charge in [-0.05, 0) is 49.2 Å². The zero-order valence-electron chi connectivity index (χ0n) is 14.3. The fourth-order valence-electron chi connectivity index (χ4n) is 3.36. The molecule has 0 aliphatic carbocycles. The van der Waals surface area contributed by atoms with E-state index in [-0.39, 0.29) is 12.6 Å². The van der Waals surface area contributed by atoms with Gasteiger partial charge in [-0.3, -0.25) is 0 Å². The third-order valence-corrected chi connectivity index (χ3v) is 4.69. The topological polar surface area (TPSA) is 65.7 Å². The molecule has 0 bridgehead atoms. The molecule has 9 heteroatoms. The summed E-state index contributed by atoms with van der Waals surface area (Å²) in [5.74, 6) is 1.12. The van der Waals surface area contributed by atoms with E-state index in [0.29, 0.717) is 17.3 Å². The smallest absolute Gasteiger partial charge is 0.394 e. The van der Waals surface area contributed by atoms with Crippen molar-refractivity contribution in [3.63, 3.8) is 0 Å². The minimum absolute atomic E-state index is 0.0473. The highest BCUT2D eigenvalue weighted by Crippen LogP contribution is 2.30. The summed E-state index contributed by atoms with van der Waals surface area (Å²) in [7, 11) is 0. The zero-order valence-corrected chi connectivity index (χ0v) is 14.3. The maximum absolute atomic E-state index is 12.7. The van der Waals surface area contributed by atoms with E-state index in [1.807, 2.05) is 12.1 Å². The van der Waals surface area contributed by atoms with Crippen LogP contribution in [0.15, 0.2) is 42.5 Å². The average Bonchev–Trinajstić information content (AvgIpc) is 3.27. The molecule has 142 valence electrons. The first-order chi connectivity index (χ1) is 13.0. The van der Waals surface area contributed by atoms with Crippen LogP contribution in [0.5, 0.6) is 0 Å². The van der Waals surface area contributed by atoms with Crippen LogP contribution in [0.4, 0.5) is 30.6 Å². The summed E-state index contributed by atoms with van der Waals surface area (Å²) in [5, 5.41) is 16.9. The number of halogens is 3. The van der Waals surface area contributed by atoms with Crippen LogP contribution in [0, 0.1) is 0 Å². The summed E-state index contributed by atoms with van der Waals surface area (Å²) < 4.78 is 39.7. The van der Waals surface area contributed by atoms with Gasteiger partial charge < -0.3 is 15.3 Å². The number of hydrogen-bond acceptors (Lipinski definition) is 5. The van der Waals surface area contributed by atoms with E-state index >= 15 is 0 Å². The fourth-order valence-corrected chi connectivity index (χ4v) is 3.36. The van der Waals surface area contributed by atoms with Crippen molar-refractivity contribution < 1.29 is 18.3 Å². The Kier molecular flexibility index (Phi) is 4.39. The molecule has 0 amide bonds. The molecular weight excluding hydrogens is 359 g/mol. The van der Waals surface area contributed by atoms with Crippen molar-refractivity contribution in [2.45, 2.75) is 25.1 Å². The van der Waals surface area contributed by atoms with Gasteiger partial charge >= 0.3 is 6.18 Å². The molecule has 1 aliphatic rings. The molecule has 1 atom stereocenters. The highest BCUT2D eigenvalue weighted by molar-refractivity contribution is 5.59. The Hall–Kier alpha value is -2.81. The monoisotopic (exact) mass is 377 g/mol. The predicted molar refractivity (Wildman–Crippen MR) is 95.2 cm³/mol. The van der Waals surface area contributed by atoms with Crippen molar-refractivity contribution in [2.24, 2.45) is 0 Å². The van der Waals surface area contributed by atoms with Crippen LogP contribution >= 0.6 is 0 Å². The molecule has 2 aromatic heterocycles. The second kappa shape index (κ2) is 6.73. The molecule has 1 fully saturated rings. The number of alkyl halides is 3. The van der Waals surface area contributed by atoms with Gasteiger partial charge in [-0.15, -0.1) is 5.10 Å². The van der Waals surface area contributed by atoms with Gasteiger partial charge in [0.1, 0.15) is 5.82 Å². The minimum atomic E-state index is -4.37. The normalized spacial score (nSPS) is 17.6. The number of aliphatic hydroxyl groups is 1. The van der Waals surface area contributed by atoms with Crippen LogP contribution in [-0.2, 0) is 6.18 Å². The molecule has 1 aliphatic heterocycles. The van der Waals surface area contributed by atoms with E-state index in [4.69, 9.17) is 0 Å². The largest absolute Gasteiger partial charge is 0.416 e. The second-order valence-electron chi connectivity index (χ2n) is 6.46. The van der Waals surface area contributed by atoms with Gasteiger partial charge in [0.2, 0.25) is 5.95 Å². The van der Waals surface area contributed by atoms with E-state index in [9.17, 15) is 18.3 Å². The van der Waals surface area contributed by atoms with Crippen LogP contribution in [0.1, 0.15) is 18.4 Å². The molecule has 2 N–H and O–H groups in total. The number of nitrogens with zero attached hydrogens (tertiary/aromatic N) is 4. The first-order valence-corrected chi connectivity index (χ1v) is 8.63. The summed E-state index contributed by atoms with van der Waals surface area (Å²) in [6.07, 6.45) is -2.46. The van der Waals surface area contributed by atoms with E-state index in [1.165, 1.54) is 12.1 Å². The van der Waals surface area contributed by atoms with E-state index in [2.05, 4.69) is 20.3 Å². The second-order valence-corrected chi connectivity index (χ2v) is 6.46. The Labute approximate surface area is 153 Å². The van der Waals surface area contributed by atoms with Crippen molar-refractivity contribution in [3.05, 3.63) is 48.0 Å². The highest BCUT2D eigenvalue weighted by Gasteiger charge is 2.30. The molecular formula is C18H18F3N5O. The summed E-state index contributed by atoms with van der Waals surface area (Å²) in [4.78, 5) is 6.49. The minimum Gasteiger partial charge on any atom is -0.394 e. The Morgan fingerprint density at radius 2 is 1.93 bits per heavy atom. The molecule has 0 spiro atoms. The number of aliphatic hydroxyl groups excluding tert-OH is 1. The molecule has 3 heterocycles. The lowest BCUT2D eigenvalue weighted by Gasteiger charge is -2.25. The third-order valence-electron chi connectivity index (χ3n) is 4.69. The van der Waals surface area contributed by atoms with Gasteiger partial charge in [-0.2, -0.15) is 22.7 Å². The van der Waals surface area contributed by atoms with Crippen LogP contribution in [0.3, 0.4) is 0 Å². The van der Waals surface area contributed by atoms with E-state index < -0.39 is 11.7 Å². The summed E-state index contributed by atoms with van der Waals surface area (Å²) >= 11 is 0. The van der Waals surface area contributed by atoms with Crippen molar-refractivity contribution in [3.8, 4) is 0 Å². The summed E-state index contributed by atoms with van der Waals surface area (Å²) in [5.41, 5.74) is 0.378. The molecule has 6 nitrogen and oxygen atoms in total. The summed E-state index contributed by atoms with van der Waals surface area (Å²) in [6, 6.07) is 10.4. The van der Waals surface area contributed by atoms with Crippen LogP contribution in [0.25, 0.3) is 5.65 Å². The zero-order chi connectivity index (χ0) is 19.0. The van der Waals surface area contributed by atoms with Crippen molar-refractivity contribution in [1.29, 1.82) is 0 Å². The standard InChI is InChI=1S/C18H18F3N5O/c19-18(20,21)12-6-8-13(9-7-12)22-17-23-15-4-1-5-16(26(15)24-17)25-10-2-3-14(25)11-27/h1,4-9,14,27H,2-3,10-11H2,(H,22,24)/t14-/m0/s1. The van der Waals surface area contributed by atoms with Gasteiger partial charge in [-0.25, -0.2) is 0 Å². The third kappa shape index (κ3) is 3.42. The molecule has 4 rings (SSSR count). The number of fused-ring (bicyclic) bond motifs is 1. The van der Waals surface area contributed by atoms with Crippen LogP contribution in [0.2, 0.25) is 0 Å². The van der Waals surface area contributed by atoms with Gasteiger partial charge in [0, 0.05) is 12.2 Å². The lowest BCUT2D eigenvalue weighted by Crippen LogP contribution is -2.33. The number of anilines is 3. The lowest BCUT2D eigenvalue weighted by molar-refractivity contribution is -0.137. The number of nitrogens with one attached hydrogen (secondary N) is 1. The maximum atomic E-state index is 12.7. The van der Waals surface area contributed by atoms with Crippen LogP contribution in [-0.4, -0.2) is 38.9 Å². The Morgan fingerprint density at radius 3 is 2.63 bits per heavy atom. The van der Waals surface area contributed by atoms with E-state index in [0.717, 1.165) is 37.3 Å². The van der Waals surface area contributed by atoms with Crippen LogP contribution < -0.4 is 10.2 Å². The Bertz CT molecular complexity index is 938. The molecule has 1 saturated heterocycles. The van der Waals surface area contributed by atoms with Gasteiger partial charge in [-0.1, -0.05) is 6.07 Å². The molecule has 0 unspecified atom stereocenters. The number of benzene rings is 1. The highest BCUT2D eigenvalue weighted by atomic mass is 19.4. The molecule has 0 saturated carbocycles.